The van der Waals surface area contributed by atoms with Crippen molar-refractivity contribution in [2.75, 3.05) is 11.5 Å². The van der Waals surface area contributed by atoms with Gasteiger partial charge in [-0.2, -0.15) is 0 Å². The Morgan fingerprint density at radius 2 is 1.64 bits per heavy atom. The van der Waals surface area contributed by atoms with Crippen LogP contribution in [0.15, 0.2) is 55.8 Å². The number of hydrogen-bond acceptors (Lipinski definition) is 4. The third-order valence-corrected chi connectivity index (χ3v) is 2.42. The van der Waals surface area contributed by atoms with E-state index in [0.29, 0.717) is 23.0 Å². The summed E-state index contributed by atoms with van der Waals surface area (Å²) in [5.41, 5.74) is 12.9. The number of benzene rings is 1. The van der Waals surface area contributed by atoms with E-state index in [4.69, 9.17) is 16.2 Å². The monoisotopic (exact) mass is 299 g/mol. The minimum Gasteiger partial charge on any atom is -0.457 e. The summed E-state index contributed by atoms with van der Waals surface area (Å²) in [5, 5.41) is 0. The van der Waals surface area contributed by atoms with Gasteiger partial charge < -0.3 is 16.2 Å². The van der Waals surface area contributed by atoms with Crippen molar-refractivity contribution in [3.63, 3.8) is 0 Å². The first-order valence-electron chi connectivity index (χ1n) is 7.11. The molecule has 0 aliphatic heterocycles. The number of hydrogen-bond donors (Lipinski definition) is 2. The van der Waals surface area contributed by atoms with Gasteiger partial charge in [0.25, 0.3) is 0 Å². The molecule has 4 heteroatoms. The molecule has 118 valence electrons. The topological polar surface area (TPSA) is 74.2 Å². The normalized spacial score (nSPS) is 9.23. The summed E-state index contributed by atoms with van der Waals surface area (Å²) >= 11 is 0. The van der Waals surface area contributed by atoms with Crippen LogP contribution in [-0.2, 0) is 0 Å². The van der Waals surface area contributed by atoms with E-state index in [2.05, 4.69) is 18.1 Å². The molecule has 0 radical (unpaired) electrons. The molecule has 0 amide bonds. The highest BCUT2D eigenvalue weighted by molar-refractivity contribution is 5.67. The number of anilines is 2. The molecule has 1 aromatic carbocycles. The largest absolute Gasteiger partial charge is 0.457 e. The van der Waals surface area contributed by atoms with Gasteiger partial charge in [-0.3, -0.25) is 0 Å². The van der Waals surface area contributed by atoms with Crippen LogP contribution in [0, 0.1) is 0 Å². The van der Waals surface area contributed by atoms with E-state index in [1.54, 1.807) is 24.4 Å². The number of pyridine rings is 1. The average molecular weight is 299 g/mol. The molecule has 0 aliphatic carbocycles. The van der Waals surface area contributed by atoms with Crippen LogP contribution in [0.3, 0.4) is 0 Å². The fraction of sp³-hybridized carbons (Fsp3) is 0.167. The highest BCUT2D eigenvalue weighted by Crippen LogP contribution is 2.29. The molecule has 0 aliphatic rings. The number of nitrogen functional groups attached to an aromatic ring is 2. The maximum atomic E-state index is 5.82. The highest BCUT2D eigenvalue weighted by atomic mass is 16.5. The molecule has 0 bridgehead atoms. The summed E-state index contributed by atoms with van der Waals surface area (Å²) in [5.74, 6) is 1.83. The Hall–Kier alpha value is -2.75. The third kappa shape index (κ3) is 5.71. The molecule has 0 atom stereocenters. The number of allylic oxidation sites excluding steroid dienone is 1. The zero-order chi connectivity index (χ0) is 17.0. The second-order valence-corrected chi connectivity index (χ2v) is 3.78. The average Bonchev–Trinajstić information content (AvgIpc) is 2.57. The minimum absolute atomic E-state index is 0.445. The lowest BCUT2D eigenvalue weighted by molar-refractivity contribution is 0.481. The summed E-state index contributed by atoms with van der Waals surface area (Å²) in [4.78, 5) is 4.04. The van der Waals surface area contributed by atoms with Gasteiger partial charge in [-0.15, -0.1) is 13.2 Å². The van der Waals surface area contributed by atoms with E-state index in [9.17, 15) is 0 Å². The highest BCUT2D eigenvalue weighted by Gasteiger charge is 2.06. The minimum atomic E-state index is 0.445. The molecule has 22 heavy (non-hydrogen) atoms. The van der Waals surface area contributed by atoms with Crippen molar-refractivity contribution in [2.45, 2.75) is 20.8 Å². The molecule has 2 aromatic rings. The van der Waals surface area contributed by atoms with E-state index < -0.39 is 0 Å². The van der Waals surface area contributed by atoms with Crippen LogP contribution < -0.4 is 16.2 Å². The van der Waals surface area contributed by atoms with E-state index in [-0.39, 0.29) is 0 Å². The zero-order valence-corrected chi connectivity index (χ0v) is 13.5. The Morgan fingerprint density at radius 3 is 2.18 bits per heavy atom. The zero-order valence-electron chi connectivity index (χ0n) is 13.5. The molecule has 2 rings (SSSR count). The molecule has 0 unspecified atom stereocenters. The van der Waals surface area contributed by atoms with Gasteiger partial charge in [0.1, 0.15) is 17.3 Å². The third-order valence-electron chi connectivity index (χ3n) is 2.42. The van der Waals surface area contributed by atoms with Crippen molar-refractivity contribution in [3.05, 3.63) is 61.3 Å². The Morgan fingerprint density at radius 1 is 1.05 bits per heavy atom. The molecule has 0 fully saturated rings. The van der Waals surface area contributed by atoms with Crippen LogP contribution in [-0.4, -0.2) is 4.98 Å². The fourth-order valence-corrected chi connectivity index (χ4v) is 1.56. The van der Waals surface area contributed by atoms with Gasteiger partial charge in [0.2, 0.25) is 0 Å². The van der Waals surface area contributed by atoms with Gasteiger partial charge >= 0.3 is 0 Å². The number of rotatable bonds is 3. The first kappa shape index (κ1) is 19.2. The van der Waals surface area contributed by atoms with Crippen LogP contribution >= 0.6 is 0 Å². The van der Waals surface area contributed by atoms with Gasteiger partial charge in [0.15, 0.2) is 0 Å². The summed E-state index contributed by atoms with van der Waals surface area (Å²) in [7, 11) is 0. The Bertz CT molecular complexity index is 577. The molecule has 0 saturated carbocycles. The van der Waals surface area contributed by atoms with Crippen LogP contribution in [0.1, 0.15) is 26.3 Å². The number of nitrogens with zero attached hydrogens (tertiary/aromatic N) is 1. The molecule has 1 aromatic heterocycles. The molecule has 4 N–H and O–H groups in total. The SMILES string of the molecule is C/C=C/c1c(Oc2ccc(N)cc2)ccnc1N.C=C.CC. The van der Waals surface area contributed by atoms with E-state index >= 15 is 0 Å². The van der Waals surface area contributed by atoms with Gasteiger partial charge in [-0.05, 0) is 37.3 Å². The molecule has 4 nitrogen and oxygen atoms in total. The van der Waals surface area contributed by atoms with Crippen LogP contribution in [0.4, 0.5) is 11.5 Å². The van der Waals surface area contributed by atoms with Gasteiger partial charge in [-0.25, -0.2) is 4.98 Å². The van der Waals surface area contributed by atoms with Crippen molar-refractivity contribution in [1.29, 1.82) is 0 Å². The second-order valence-electron chi connectivity index (χ2n) is 3.78. The van der Waals surface area contributed by atoms with Crippen molar-refractivity contribution in [3.8, 4) is 11.5 Å². The molecule has 1 heterocycles. The Labute approximate surface area is 133 Å². The number of ether oxygens (including phenoxy) is 1. The lowest BCUT2D eigenvalue weighted by Crippen LogP contribution is -1.96. The van der Waals surface area contributed by atoms with Crippen molar-refractivity contribution >= 4 is 17.6 Å². The molecule has 0 saturated heterocycles. The predicted octanol–water partition coefficient (Wildman–Crippen LogP) is 4.90. The van der Waals surface area contributed by atoms with Crippen LogP contribution in [0.25, 0.3) is 6.08 Å². The van der Waals surface area contributed by atoms with Gasteiger partial charge in [-0.1, -0.05) is 26.0 Å². The lowest BCUT2D eigenvalue weighted by atomic mass is 10.2. The Kier molecular flexibility index (Phi) is 9.60. The smallest absolute Gasteiger partial charge is 0.139 e. The maximum Gasteiger partial charge on any atom is 0.139 e. The van der Waals surface area contributed by atoms with Gasteiger partial charge in [0.05, 0.1) is 5.56 Å². The lowest BCUT2D eigenvalue weighted by Gasteiger charge is -2.10. The first-order chi connectivity index (χ1) is 10.7. The van der Waals surface area contributed by atoms with Crippen molar-refractivity contribution in [1.82, 2.24) is 4.98 Å². The summed E-state index contributed by atoms with van der Waals surface area (Å²) in [6.45, 7) is 11.9. The van der Waals surface area contributed by atoms with E-state index in [1.807, 2.05) is 45.1 Å². The first-order valence-corrected chi connectivity index (χ1v) is 7.11. The van der Waals surface area contributed by atoms with E-state index in [0.717, 1.165) is 5.56 Å². The van der Waals surface area contributed by atoms with Crippen LogP contribution in [0.2, 0.25) is 0 Å². The summed E-state index contributed by atoms with van der Waals surface area (Å²) < 4.78 is 5.77. The number of aromatic nitrogens is 1. The predicted molar refractivity (Wildman–Crippen MR) is 96.9 cm³/mol. The molecule has 0 spiro atoms. The van der Waals surface area contributed by atoms with Crippen molar-refractivity contribution < 1.29 is 4.74 Å². The fourth-order valence-electron chi connectivity index (χ4n) is 1.56. The summed E-state index contributed by atoms with van der Waals surface area (Å²) in [6.07, 6.45) is 5.38. The van der Waals surface area contributed by atoms with Gasteiger partial charge in [0, 0.05) is 11.9 Å². The molecular formula is C18H25N3O. The molecular weight excluding hydrogens is 274 g/mol. The maximum absolute atomic E-state index is 5.82. The summed E-state index contributed by atoms with van der Waals surface area (Å²) in [6, 6.07) is 8.98. The second kappa shape index (κ2) is 11.0. The van der Waals surface area contributed by atoms with E-state index in [1.165, 1.54) is 0 Å². The number of nitrogens with two attached hydrogens (primary N) is 2. The Balaban J connectivity index is 0.00000102. The quantitative estimate of drug-likeness (QED) is 0.624. The van der Waals surface area contributed by atoms with Crippen molar-refractivity contribution in [2.24, 2.45) is 0 Å². The standard InChI is InChI=1S/C14H15N3O.C2H6.C2H4/c1-2-3-12-13(8-9-17-14(12)16)18-11-6-4-10(15)5-7-11;2*1-2/h2-9H,15H2,1H3,(H2,16,17);1-2H3;1-2H2/b3-2+;;. The van der Waals surface area contributed by atoms with Crippen LogP contribution in [0.5, 0.6) is 11.5 Å².